The van der Waals surface area contributed by atoms with E-state index in [1.54, 1.807) is 29.8 Å². The summed E-state index contributed by atoms with van der Waals surface area (Å²) in [5.74, 6) is 0.713. The van der Waals surface area contributed by atoms with Gasteiger partial charge in [0.25, 0.3) is 11.8 Å². The molecule has 1 aliphatic heterocycles. The van der Waals surface area contributed by atoms with E-state index in [1.165, 1.54) is 0 Å². The first-order valence-corrected chi connectivity index (χ1v) is 9.76. The second kappa shape index (κ2) is 8.18. The molecule has 2 amide bonds. The smallest absolute Gasteiger partial charge is 0.259 e. The number of carbonyl (C=O) groups excluding carboxylic acids is 2. The molecule has 1 atom stereocenters. The Balaban J connectivity index is 1.89. The molecule has 9 nitrogen and oxygen atoms in total. The number of hydrogen-bond donors (Lipinski definition) is 1. The average Bonchev–Trinajstić information content (AvgIpc) is 3.27. The first-order valence-electron chi connectivity index (χ1n) is 9.76. The Labute approximate surface area is 170 Å². The lowest BCUT2D eigenvalue weighted by Gasteiger charge is -2.19. The van der Waals surface area contributed by atoms with E-state index in [4.69, 9.17) is 4.52 Å². The highest BCUT2D eigenvalue weighted by Crippen LogP contribution is 2.31. The summed E-state index contributed by atoms with van der Waals surface area (Å²) in [5.41, 5.74) is 2.24. The van der Waals surface area contributed by atoms with Gasteiger partial charge in [-0.3, -0.25) is 9.59 Å². The van der Waals surface area contributed by atoms with Crippen LogP contribution in [0.4, 0.5) is 5.95 Å². The zero-order chi connectivity index (χ0) is 21.3. The number of carbonyl (C=O) groups is 2. The lowest BCUT2D eigenvalue weighted by molar-refractivity contribution is 0.0788. The van der Waals surface area contributed by atoms with Crippen molar-refractivity contribution >= 4 is 17.8 Å². The third kappa shape index (κ3) is 4.23. The van der Waals surface area contributed by atoms with Crippen LogP contribution in [-0.2, 0) is 0 Å². The van der Waals surface area contributed by atoms with Crippen molar-refractivity contribution in [2.24, 2.45) is 0 Å². The van der Waals surface area contributed by atoms with Gasteiger partial charge in [-0.25, -0.2) is 9.97 Å². The molecule has 0 bridgehead atoms. The number of amides is 2. The molecule has 1 unspecified atom stereocenters. The molecular weight excluding hydrogens is 372 g/mol. The maximum Gasteiger partial charge on any atom is 0.259 e. The van der Waals surface area contributed by atoms with Crippen molar-refractivity contribution in [2.45, 2.75) is 46.1 Å². The number of nitrogens with one attached hydrogen (secondary N) is 1. The lowest BCUT2D eigenvalue weighted by atomic mass is 9.99. The molecule has 9 heteroatoms. The Hall–Kier alpha value is -2.97. The molecule has 0 saturated carbocycles. The Morgan fingerprint density at radius 3 is 2.62 bits per heavy atom. The van der Waals surface area contributed by atoms with Crippen LogP contribution in [0.25, 0.3) is 0 Å². The summed E-state index contributed by atoms with van der Waals surface area (Å²) in [6.07, 6.45) is 2.30. The topological polar surface area (TPSA) is 104 Å². The number of likely N-dealkylation sites (tertiary alicyclic amines) is 1. The predicted octanol–water partition coefficient (Wildman–Crippen LogP) is 1.92. The Bertz CT molecular complexity index is 901. The number of rotatable bonds is 5. The highest BCUT2D eigenvalue weighted by Gasteiger charge is 2.34. The molecule has 3 rings (SSSR count). The summed E-state index contributed by atoms with van der Waals surface area (Å²) in [6.45, 7) is 8.38. The molecule has 1 saturated heterocycles. The van der Waals surface area contributed by atoms with E-state index in [-0.39, 0.29) is 23.8 Å². The Morgan fingerprint density at radius 1 is 1.31 bits per heavy atom. The standard InChI is InChI=1S/C20H28N6O3/c1-11(2)22-18(27)15-9-21-20(25(5)6)23-17(15)14-7-8-26(10-14)19(28)16-12(3)24-29-13(16)4/h9,11,14H,7-8,10H2,1-6H3,(H,22,27). The van der Waals surface area contributed by atoms with Gasteiger partial charge in [-0.15, -0.1) is 0 Å². The van der Waals surface area contributed by atoms with E-state index in [0.717, 1.165) is 6.42 Å². The van der Waals surface area contributed by atoms with Gasteiger partial charge in [-0.2, -0.15) is 0 Å². The summed E-state index contributed by atoms with van der Waals surface area (Å²) < 4.78 is 5.14. The van der Waals surface area contributed by atoms with Crippen LogP contribution < -0.4 is 10.2 Å². The third-order valence-corrected chi connectivity index (χ3v) is 4.98. The number of nitrogens with zero attached hydrogens (tertiary/aromatic N) is 5. The molecule has 0 radical (unpaired) electrons. The van der Waals surface area contributed by atoms with Crippen molar-refractivity contribution in [3.05, 3.63) is 34.5 Å². The maximum absolute atomic E-state index is 13.0. The fourth-order valence-corrected chi connectivity index (χ4v) is 3.54. The summed E-state index contributed by atoms with van der Waals surface area (Å²) in [6, 6.07) is 0.00470. The molecule has 1 fully saturated rings. The molecule has 156 valence electrons. The van der Waals surface area contributed by atoms with E-state index in [2.05, 4.69) is 20.4 Å². The number of hydrogen-bond acceptors (Lipinski definition) is 7. The lowest BCUT2D eigenvalue weighted by Crippen LogP contribution is -2.32. The van der Waals surface area contributed by atoms with Gasteiger partial charge in [0, 0.05) is 45.3 Å². The Morgan fingerprint density at radius 2 is 2.03 bits per heavy atom. The molecule has 3 heterocycles. The molecule has 0 aliphatic carbocycles. The van der Waals surface area contributed by atoms with Crippen molar-refractivity contribution < 1.29 is 14.1 Å². The fraction of sp³-hybridized carbons (Fsp3) is 0.550. The van der Waals surface area contributed by atoms with Gasteiger partial charge in [0.05, 0.1) is 17.0 Å². The number of aromatic nitrogens is 3. The van der Waals surface area contributed by atoms with Gasteiger partial charge in [0.1, 0.15) is 11.3 Å². The van der Waals surface area contributed by atoms with E-state index >= 15 is 0 Å². The molecular formula is C20H28N6O3. The van der Waals surface area contributed by atoms with E-state index in [1.807, 2.05) is 27.9 Å². The van der Waals surface area contributed by atoms with Crippen molar-refractivity contribution in [3.63, 3.8) is 0 Å². The van der Waals surface area contributed by atoms with Crippen LogP contribution >= 0.6 is 0 Å². The molecule has 2 aromatic rings. The monoisotopic (exact) mass is 400 g/mol. The number of anilines is 1. The zero-order valence-corrected chi connectivity index (χ0v) is 17.8. The van der Waals surface area contributed by atoms with Gasteiger partial charge in [-0.05, 0) is 34.1 Å². The van der Waals surface area contributed by atoms with Gasteiger partial charge < -0.3 is 19.6 Å². The second-order valence-corrected chi connectivity index (χ2v) is 7.93. The SMILES string of the molecule is Cc1noc(C)c1C(=O)N1CCC(c2nc(N(C)C)ncc2C(=O)NC(C)C)C1. The molecule has 0 spiro atoms. The predicted molar refractivity (Wildman–Crippen MR) is 108 cm³/mol. The largest absolute Gasteiger partial charge is 0.361 e. The Kier molecular flexibility index (Phi) is 5.86. The quantitative estimate of drug-likeness (QED) is 0.817. The average molecular weight is 400 g/mol. The van der Waals surface area contributed by atoms with Gasteiger partial charge in [0.2, 0.25) is 5.95 Å². The molecule has 1 N–H and O–H groups in total. The van der Waals surface area contributed by atoms with Crippen LogP contribution in [0.15, 0.2) is 10.7 Å². The van der Waals surface area contributed by atoms with Crippen LogP contribution in [0.2, 0.25) is 0 Å². The summed E-state index contributed by atoms with van der Waals surface area (Å²) in [5, 5.41) is 6.79. The van der Waals surface area contributed by atoms with Gasteiger partial charge in [-0.1, -0.05) is 5.16 Å². The minimum absolute atomic E-state index is 0.00470. The van der Waals surface area contributed by atoms with E-state index in [0.29, 0.717) is 47.3 Å². The van der Waals surface area contributed by atoms with E-state index < -0.39 is 0 Å². The van der Waals surface area contributed by atoms with Gasteiger partial charge in [0.15, 0.2) is 0 Å². The van der Waals surface area contributed by atoms with E-state index in [9.17, 15) is 9.59 Å². The summed E-state index contributed by atoms with van der Waals surface area (Å²) >= 11 is 0. The summed E-state index contributed by atoms with van der Waals surface area (Å²) in [4.78, 5) is 38.2. The van der Waals surface area contributed by atoms with Crippen LogP contribution in [0.5, 0.6) is 0 Å². The second-order valence-electron chi connectivity index (χ2n) is 7.93. The third-order valence-electron chi connectivity index (χ3n) is 4.98. The normalized spacial score (nSPS) is 16.4. The van der Waals surface area contributed by atoms with Crippen molar-refractivity contribution in [1.82, 2.24) is 25.3 Å². The highest BCUT2D eigenvalue weighted by molar-refractivity contribution is 5.97. The highest BCUT2D eigenvalue weighted by atomic mass is 16.5. The molecule has 1 aliphatic rings. The first-order chi connectivity index (χ1) is 13.7. The van der Waals surface area contributed by atoms with Crippen LogP contribution in [-0.4, -0.2) is 65.1 Å². The van der Waals surface area contributed by atoms with Crippen molar-refractivity contribution in [2.75, 3.05) is 32.1 Å². The number of aryl methyl sites for hydroxylation is 2. The minimum atomic E-state index is -0.198. The fourth-order valence-electron chi connectivity index (χ4n) is 3.54. The maximum atomic E-state index is 13.0. The van der Waals surface area contributed by atoms with Crippen LogP contribution in [0.3, 0.4) is 0 Å². The van der Waals surface area contributed by atoms with Gasteiger partial charge >= 0.3 is 0 Å². The van der Waals surface area contributed by atoms with Crippen LogP contribution in [0, 0.1) is 13.8 Å². The van der Waals surface area contributed by atoms with Crippen LogP contribution in [0.1, 0.15) is 64.1 Å². The first kappa shape index (κ1) is 20.8. The zero-order valence-electron chi connectivity index (χ0n) is 17.8. The molecule has 29 heavy (non-hydrogen) atoms. The van der Waals surface area contributed by atoms with Crippen molar-refractivity contribution in [1.29, 1.82) is 0 Å². The van der Waals surface area contributed by atoms with Crippen molar-refractivity contribution in [3.8, 4) is 0 Å². The summed E-state index contributed by atoms with van der Waals surface area (Å²) in [7, 11) is 3.71. The molecule has 0 aromatic carbocycles. The molecule has 2 aromatic heterocycles. The minimum Gasteiger partial charge on any atom is -0.361 e.